The van der Waals surface area contributed by atoms with Crippen LogP contribution in [0.1, 0.15) is 83.8 Å². The minimum absolute atomic E-state index is 0.0464. The molecule has 0 aliphatic carbocycles. The van der Waals surface area contributed by atoms with E-state index in [1.807, 2.05) is 26.8 Å². The molecule has 1 aliphatic rings. The van der Waals surface area contributed by atoms with Crippen LogP contribution < -0.4 is 10.6 Å². The van der Waals surface area contributed by atoms with Gasteiger partial charge in [-0.15, -0.1) is 0 Å². The van der Waals surface area contributed by atoms with Gasteiger partial charge in [-0.05, 0) is 93.9 Å². The van der Waals surface area contributed by atoms with E-state index in [0.29, 0.717) is 5.84 Å². The van der Waals surface area contributed by atoms with Crippen LogP contribution >= 0.6 is 0 Å². The first-order valence-electron chi connectivity index (χ1n) is 14.3. The highest BCUT2D eigenvalue weighted by Crippen LogP contribution is 2.31. The molecule has 0 amide bonds. The molecule has 0 radical (unpaired) electrons. The first-order valence-corrected chi connectivity index (χ1v) is 14.3. The molecule has 1 heterocycles. The van der Waals surface area contributed by atoms with Crippen LogP contribution in [0.15, 0.2) is 65.5 Å². The summed E-state index contributed by atoms with van der Waals surface area (Å²) in [5, 5.41) is 6.26. The Kier molecular flexibility index (Phi) is 13.6. The second kappa shape index (κ2) is 16.3. The van der Waals surface area contributed by atoms with E-state index in [4.69, 9.17) is 0 Å². The molecule has 0 fully saturated rings. The third-order valence-corrected chi connectivity index (χ3v) is 6.95. The summed E-state index contributed by atoms with van der Waals surface area (Å²) in [6.45, 7) is 13.8. The first kappa shape index (κ1) is 32.4. The molecule has 0 bridgehead atoms. The van der Waals surface area contributed by atoms with Gasteiger partial charge in [0.2, 0.25) is 0 Å². The number of hydrogen-bond acceptors (Lipinski definition) is 3. The zero-order valence-corrected chi connectivity index (χ0v) is 24.4. The van der Waals surface area contributed by atoms with Crippen molar-refractivity contribution in [3.63, 3.8) is 0 Å². The van der Waals surface area contributed by atoms with Gasteiger partial charge in [0.1, 0.15) is 5.84 Å². The van der Waals surface area contributed by atoms with Gasteiger partial charge in [0.15, 0.2) is 0 Å². The molecule has 2 N–H and O–H groups in total. The molecule has 4 nitrogen and oxygen atoms in total. The molecule has 0 saturated heterocycles. The van der Waals surface area contributed by atoms with E-state index < -0.39 is 11.7 Å². The first-order chi connectivity index (χ1) is 18.6. The van der Waals surface area contributed by atoms with Crippen LogP contribution in [0.25, 0.3) is 5.57 Å². The van der Waals surface area contributed by atoms with Crippen LogP contribution in [0, 0.1) is 0 Å². The van der Waals surface area contributed by atoms with E-state index in [0.717, 1.165) is 81.9 Å². The Morgan fingerprint density at radius 3 is 2.49 bits per heavy atom. The van der Waals surface area contributed by atoms with Gasteiger partial charge in [0, 0.05) is 30.2 Å². The smallest absolute Gasteiger partial charge is 0.382 e. The fraction of sp³-hybridized carbons (Fsp3) is 0.531. The van der Waals surface area contributed by atoms with Crippen LogP contribution in [-0.4, -0.2) is 43.1 Å². The minimum Gasteiger partial charge on any atom is -0.382 e. The van der Waals surface area contributed by atoms with Crippen molar-refractivity contribution in [2.45, 2.75) is 91.3 Å². The maximum Gasteiger partial charge on any atom is 0.419 e. The predicted octanol–water partition coefficient (Wildman–Crippen LogP) is 8.65. The van der Waals surface area contributed by atoms with E-state index in [1.54, 1.807) is 12.2 Å². The number of nitrogens with one attached hydrogen (secondary N) is 2. The van der Waals surface area contributed by atoms with Crippen LogP contribution in [0.3, 0.4) is 0 Å². The maximum absolute atomic E-state index is 14.0. The van der Waals surface area contributed by atoms with Crippen molar-refractivity contribution in [2.75, 3.05) is 25.5 Å². The van der Waals surface area contributed by atoms with Crippen molar-refractivity contribution in [3.05, 3.63) is 71.6 Å². The van der Waals surface area contributed by atoms with Gasteiger partial charge in [0.05, 0.1) is 5.57 Å². The summed E-state index contributed by atoms with van der Waals surface area (Å²) in [7, 11) is 2.16. The zero-order chi connectivity index (χ0) is 28.8. The molecule has 0 spiro atoms. The standard InChI is InChI=1S/C32H47F3N4/c1-7-13-28(14-8-2)37-24(5)29(32(33,34)35)23-36-31(15-9-3)38-30-19-18-27(22-25(30)10-4)26-16-11-20-39(6)21-12-17-26/h9,15-16,18-19,22-23,28,37H,5,7-8,10-14,17,20-21H2,1-4,6H3,(H,36,38)/b15-9+,26-16-,29-23+. The molecule has 0 aromatic heterocycles. The lowest BCUT2D eigenvalue weighted by molar-refractivity contribution is -0.0901. The monoisotopic (exact) mass is 544 g/mol. The third-order valence-electron chi connectivity index (χ3n) is 6.95. The second-order valence-electron chi connectivity index (χ2n) is 10.2. The van der Waals surface area contributed by atoms with Crippen LogP contribution in [0.2, 0.25) is 0 Å². The minimum atomic E-state index is -4.58. The molecule has 7 heteroatoms. The van der Waals surface area contributed by atoms with Gasteiger partial charge >= 0.3 is 6.18 Å². The van der Waals surface area contributed by atoms with Crippen LogP contribution in [-0.2, 0) is 6.42 Å². The molecule has 2 rings (SSSR count). The Hall–Kier alpha value is -2.80. The van der Waals surface area contributed by atoms with E-state index in [9.17, 15) is 13.2 Å². The third kappa shape index (κ3) is 10.7. The normalized spacial score (nSPS) is 17.6. The Morgan fingerprint density at radius 1 is 1.15 bits per heavy atom. The molecule has 0 atom stereocenters. The Labute approximate surface area is 233 Å². The number of alkyl halides is 3. The van der Waals surface area contributed by atoms with Crippen molar-refractivity contribution in [1.29, 1.82) is 0 Å². The maximum atomic E-state index is 14.0. The van der Waals surface area contributed by atoms with Gasteiger partial charge in [-0.1, -0.05) is 58.4 Å². The summed E-state index contributed by atoms with van der Waals surface area (Å²) >= 11 is 0. The molecule has 1 aliphatic heterocycles. The lowest BCUT2D eigenvalue weighted by atomic mass is 9.95. The number of amidine groups is 1. The second-order valence-corrected chi connectivity index (χ2v) is 10.2. The Morgan fingerprint density at radius 2 is 1.87 bits per heavy atom. The average Bonchev–Trinajstić information content (AvgIpc) is 2.86. The Balaban J connectivity index is 2.33. The fourth-order valence-corrected chi connectivity index (χ4v) is 4.86. The summed E-state index contributed by atoms with van der Waals surface area (Å²) in [5.74, 6) is 0.335. The van der Waals surface area contributed by atoms with E-state index in [2.05, 4.69) is 59.3 Å². The van der Waals surface area contributed by atoms with E-state index in [-0.39, 0.29) is 11.7 Å². The number of aliphatic imine (C=N–C) groups is 1. The lowest BCUT2D eigenvalue weighted by Gasteiger charge is -2.22. The molecule has 1 aromatic rings. The summed E-state index contributed by atoms with van der Waals surface area (Å²) in [6, 6.07) is 6.25. The van der Waals surface area contributed by atoms with Gasteiger partial charge in [0.25, 0.3) is 0 Å². The van der Waals surface area contributed by atoms with Gasteiger partial charge in [-0.3, -0.25) is 0 Å². The number of halogens is 3. The van der Waals surface area contributed by atoms with Crippen LogP contribution in [0.5, 0.6) is 0 Å². The number of hydrogen-bond donors (Lipinski definition) is 2. The molecular formula is C32H47F3N4. The lowest BCUT2D eigenvalue weighted by Crippen LogP contribution is -2.31. The highest BCUT2D eigenvalue weighted by Gasteiger charge is 2.36. The Bertz CT molecular complexity index is 1040. The number of anilines is 1. The number of nitrogens with zero attached hydrogens (tertiary/aromatic N) is 2. The SMILES string of the molecule is C=C(NC(CCC)CCC)\C(=C/N=C(\C=C\C)Nc1ccc(/C2=C\CCN(C)CCC2)cc1CC)C(F)(F)F. The number of allylic oxidation sites excluding steroid dienone is 3. The summed E-state index contributed by atoms with van der Waals surface area (Å²) in [5.41, 5.74) is 3.50. The molecule has 39 heavy (non-hydrogen) atoms. The van der Waals surface area contributed by atoms with Gasteiger partial charge in [-0.25, -0.2) is 4.99 Å². The number of benzene rings is 1. The molecule has 0 unspecified atom stereocenters. The largest absolute Gasteiger partial charge is 0.419 e. The molecule has 216 valence electrons. The number of aryl methyl sites for hydroxylation is 1. The average molecular weight is 545 g/mol. The van der Waals surface area contributed by atoms with E-state index in [1.165, 1.54) is 11.1 Å². The summed E-state index contributed by atoms with van der Waals surface area (Å²) < 4.78 is 42.0. The van der Waals surface area contributed by atoms with Crippen molar-refractivity contribution in [1.82, 2.24) is 10.2 Å². The highest BCUT2D eigenvalue weighted by atomic mass is 19.4. The zero-order valence-electron chi connectivity index (χ0n) is 24.4. The van der Waals surface area contributed by atoms with Crippen molar-refractivity contribution in [3.8, 4) is 0 Å². The molecule has 0 saturated carbocycles. The van der Waals surface area contributed by atoms with E-state index >= 15 is 0 Å². The number of rotatable bonds is 12. The van der Waals surface area contributed by atoms with Crippen molar-refractivity contribution < 1.29 is 13.2 Å². The quantitative estimate of drug-likeness (QED) is 0.157. The highest BCUT2D eigenvalue weighted by molar-refractivity contribution is 6.04. The molecule has 1 aromatic carbocycles. The topological polar surface area (TPSA) is 39.7 Å². The molecular weight excluding hydrogens is 497 g/mol. The summed E-state index contributed by atoms with van der Waals surface area (Å²) in [4.78, 5) is 6.59. The fourth-order valence-electron chi connectivity index (χ4n) is 4.86. The van der Waals surface area contributed by atoms with Crippen LogP contribution in [0.4, 0.5) is 18.9 Å². The van der Waals surface area contributed by atoms with Gasteiger partial charge < -0.3 is 15.5 Å². The van der Waals surface area contributed by atoms with Gasteiger partial charge in [-0.2, -0.15) is 13.2 Å². The van der Waals surface area contributed by atoms with Crippen molar-refractivity contribution >= 4 is 17.1 Å². The predicted molar refractivity (Wildman–Crippen MR) is 161 cm³/mol. The van der Waals surface area contributed by atoms with Crippen molar-refractivity contribution in [2.24, 2.45) is 4.99 Å². The summed E-state index contributed by atoms with van der Waals surface area (Å²) in [6.07, 6.45) is 9.39.